The van der Waals surface area contributed by atoms with Crippen LogP contribution in [0.3, 0.4) is 0 Å². The monoisotopic (exact) mass is 397 g/mol. The normalized spacial score (nSPS) is 14.7. The highest BCUT2D eigenvalue weighted by Gasteiger charge is 2.18. The van der Waals surface area contributed by atoms with Gasteiger partial charge in [-0.3, -0.25) is 9.58 Å². The third-order valence-electron chi connectivity index (χ3n) is 5.54. The molecule has 0 saturated carbocycles. The van der Waals surface area contributed by atoms with E-state index in [9.17, 15) is 0 Å². The first kappa shape index (κ1) is 20.4. The Labute approximate surface area is 173 Å². The lowest BCUT2D eigenvalue weighted by Gasteiger charge is -2.37. The van der Waals surface area contributed by atoms with Crippen LogP contribution in [0.15, 0.2) is 54.7 Å². The molecule has 1 aliphatic rings. The van der Waals surface area contributed by atoms with Crippen LogP contribution in [0, 0.1) is 13.8 Å². The van der Waals surface area contributed by atoms with E-state index in [1.807, 2.05) is 29.1 Å². The Hall–Kier alpha value is -2.37. The van der Waals surface area contributed by atoms with Gasteiger partial charge in [0.25, 0.3) is 0 Å². The zero-order valence-corrected chi connectivity index (χ0v) is 17.4. The quantitative estimate of drug-likeness (QED) is 0.656. The van der Waals surface area contributed by atoms with Gasteiger partial charge in [0, 0.05) is 44.0 Å². The molecule has 0 aliphatic carbocycles. The van der Waals surface area contributed by atoms with Crippen LogP contribution >= 0.6 is 12.4 Å². The lowest BCUT2D eigenvalue weighted by Crippen LogP contribution is -2.47. The van der Waals surface area contributed by atoms with E-state index in [4.69, 9.17) is 0 Å². The molecule has 0 bridgehead atoms. The maximum Gasteiger partial charge on any atom is 0.113 e. The van der Waals surface area contributed by atoms with Crippen LogP contribution in [-0.4, -0.2) is 52.6 Å². The molecule has 0 radical (unpaired) electrons. The largest absolute Gasteiger partial charge is 0.369 e. The molecule has 148 valence electrons. The van der Waals surface area contributed by atoms with Gasteiger partial charge in [0.1, 0.15) is 5.69 Å². The van der Waals surface area contributed by atoms with Gasteiger partial charge in [0.05, 0.1) is 12.7 Å². The van der Waals surface area contributed by atoms with Crippen molar-refractivity contribution < 1.29 is 0 Å². The number of halogens is 1. The summed E-state index contributed by atoms with van der Waals surface area (Å²) in [4.78, 5) is 5.04. The van der Waals surface area contributed by atoms with Crippen molar-refractivity contribution in [2.45, 2.75) is 20.4 Å². The molecule has 28 heavy (non-hydrogen) atoms. The molecular formula is C22H28ClN5. The summed E-state index contributed by atoms with van der Waals surface area (Å²) in [5.74, 6) is 0. The molecule has 0 N–H and O–H groups in total. The highest BCUT2D eigenvalue weighted by molar-refractivity contribution is 5.85. The molecule has 2 heterocycles. The first-order chi connectivity index (χ1) is 13.2. The van der Waals surface area contributed by atoms with Gasteiger partial charge in [0.2, 0.25) is 0 Å². The SMILES string of the molecule is Cc1cccc(N2CCN(CCn3cc(-c4ccccc4)nn3)CC2)c1C.Cl. The number of piperazine rings is 1. The fraction of sp³-hybridized carbons (Fsp3) is 0.364. The van der Waals surface area contributed by atoms with Crippen LogP contribution in [-0.2, 0) is 6.54 Å². The highest BCUT2D eigenvalue weighted by atomic mass is 35.5. The Morgan fingerprint density at radius 2 is 1.61 bits per heavy atom. The predicted octanol–water partition coefficient (Wildman–Crippen LogP) is 3.81. The van der Waals surface area contributed by atoms with Gasteiger partial charge in [-0.25, -0.2) is 0 Å². The maximum absolute atomic E-state index is 4.31. The van der Waals surface area contributed by atoms with E-state index >= 15 is 0 Å². The highest BCUT2D eigenvalue weighted by Crippen LogP contribution is 2.23. The van der Waals surface area contributed by atoms with Crippen LogP contribution in [0.1, 0.15) is 11.1 Å². The fourth-order valence-electron chi connectivity index (χ4n) is 3.68. The van der Waals surface area contributed by atoms with Crippen molar-refractivity contribution in [2.24, 2.45) is 0 Å². The molecule has 1 aromatic heterocycles. The molecule has 5 nitrogen and oxygen atoms in total. The molecule has 1 aliphatic heterocycles. The van der Waals surface area contributed by atoms with Crippen molar-refractivity contribution in [1.29, 1.82) is 0 Å². The number of anilines is 1. The number of hydrogen-bond acceptors (Lipinski definition) is 4. The summed E-state index contributed by atoms with van der Waals surface area (Å²) >= 11 is 0. The van der Waals surface area contributed by atoms with Crippen LogP contribution in [0.5, 0.6) is 0 Å². The third-order valence-corrected chi connectivity index (χ3v) is 5.54. The van der Waals surface area contributed by atoms with Gasteiger partial charge in [-0.15, -0.1) is 17.5 Å². The minimum Gasteiger partial charge on any atom is -0.369 e. The van der Waals surface area contributed by atoms with Crippen molar-refractivity contribution in [1.82, 2.24) is 19.9 Å². The van der Waals surface area contributed by atoms with E-state index in [0.717, 1.165) is 50.5 Å². The first-order valence-corrected chi connectivity index (χ1v) is 9.70. The van der Waals surface area contributed by atoms with Crippen molar-refractivity contribution >= 4 is 18.1 Å². The molecule has 0 atom stereocenters. The number of nitrogens with zero attached hydrogens (tertiary/aromatic N) is 5. The Kier molecular flexibility index (Phi) is 6.70. The van der Waals surface area contributed by atoms with E-state index in [0.29, 0.717) is 0 Å². The second-order valence-electron chi connectivity index (χ2n) is 7.28. The average Bonchev–Trinajstić information content (AvgIpc) is 3.19. The lowest BCUT2D eigenvalue weighted by molar-refractivity contribution is 0.243. The molecule has 1 fully saturated rings. The number of aromatic nitrogens is 3. The van der Waals surface area contributed by atoms with Crippen LogP contribution in [0.2, 0.25) is 0 Å². The second kappa shape index (κ2) is 9.22. The third kappa shape index (κ3) is 4.54. The van der Waals surface area contributed by atoms with Gasteiger partial charge < -0.3 is 4.90 Å². The number of benzene rings is 2. The van der Waals surface area contributed by atoms with Crippen LogP contribution < -0.4 is 4.90 Å². The minimum absolute atomic E-state index is 0. The smallest absolute Gasteiger partial charge is 0.113 e. The van der Waals surface area contributed by atoms with Crippen molar-refractivity contribution in [3.63, 3.8) is 0 Å². The standard InChI is InChI=1S/C22H27N5.ClH/c1-18-7-6-10-22(19(18)2)26-14-11-25(12-15-26)13-16-27-17-21(23-24-27)20-8-4-3-5-9-20;/h3-10,17H,11-16H2,1-2H3;1H. The summed E-state index contributed by atoms with van der Waals surface area (Å²) in [5, 5.41) is 8.60. The molecule has 0 spiro atoms. The topological polar surface area (TPSA) is 37.2 Å². The Morgan fingerprint density at radius 3 is 2.36 bits per heavy atom. The molecule has 0 amide bonds. The van der Waals surface area contributed by atoms with E-state index in [2.05, 4.69) is 64.3 Å². The number of rotatable bonds is 5. The second-order valence-corrected chi connectivity index (χ2v) is 7.28. The van der Waals surface area contributed by atoms with Gasteiger partial charge in [0.15, 0.2) is 0 Å². The summed E-state index contributed by atoms with van der Waals surface area (Å²) in [6, 6.07) is 16.8. The number of hydrogen-bond donors (Lipinski definition) is 0. The zero-order chi connectivity index (χ0) is 18.6. The molecule has 6 heteroatoms. The lowest BCUT2D eigenvalue weighted by atomic mass is 10.1. The van der Waals surface area contributed by atoms with Crippen molar-refractivity contribution in [3.05, 3.63) is 65.9 Å². The van der Waals surface area contributed by atoms with E-state index < -0.39 is 0 Å². The molecule has 2 aromatic carbocycles. The summed E-state index contributed by atoms with van der Waals surface area (Å²) in [7, 11) is 0. The Balaban J connectivity index is 0.00000225. The summed E-state index contributed by atoms with van der Waals surface area (Å²) < 4.78 is 1.96. The average molecular weight is 398 g/mol. The molecule has 4 rings (SSSR count). The van der Waals surface area contributed by atoms with Gasteiger partial charge >= 0.3 is 0 Å². The Morgan fingerprint density at radius 1 is 0.857 bits per heavy atom. The van der Waals surface area contributed by atoms with Crippen LogP contribution in [0.4, 0.5) is 5.69 Å². The van der Waals surface area contributed by atoms with E-state index in [1.54, 1.807) is 0 Å². The minimum atomic E-state index is 0. The van der Waals surface area contributed by atoms with Crippen LogP contribution in [0.25, 0.3) is 11.3 Å². The maximum atomic E-state index is 4.31. The first-order valence-electron chi connectivity index (χ1n) is 9.70. The van der Waals surface area contributed by atoms with E-state index in [1.165, 1.54) is 16.8 Å². The zero-order valence-electron chi connectivity index (χ0n) is 16.6. The van der Waals surface area contributed by atoms with Crippen molar-refractivity contribution in [2.75, 3.05) is 37.6 Å². The molecule has 0 unspecified atom stereocenters. The summed E-state index contributed by atoms with van der Waals surface area (Å²) in [6.07, 6.45) is 2.04. The fourth-order valence-corrected chi connectivity index (χ4v) is 3.68. The van der Waals surface area contributed by atoms with Crippen molar-refractivity contribution in [3.8, 4) is 11.3 Å². The molecule has 3 aromatic rings. The summed E-state index contributed by atoms with van der Waals surface area (Å²) in [5.41, 5.74) is 6.22. The van der Waals surface area contributed by atoms with Gasteiger partial charge in [-0.2, -0.15) is 0 Å². The molecular weight excluding hydrogens is 370 g/mol. The van der Waals surface area contributed by atoms with Gasteiger partial charge in [-0.1, -0.05) is 47.7 Å². The van der Waals surface area contributed by atoms with E-state index in [-0.39, 0.29) is 12.4 Å². The Bertz CT molecular complexity index is 885. The predicted molar refractivity (Wildman–Crippen MR) is 117 cm³/mol. The summed E-state index contributed by atoms with van der Waals surface area (Å²) in [6.45, 7) is 10.7. The van der Waals surface area contributed by atoms with Gasteiger partial charge in [-0.05, 0) is 31.0 Å². The molecule has 1 saturated heterocycles. The number of aryl methyl sites for hydroxylation is 1.